The van der Waals surface area contributed by atoms with Crippen LogP contribution in [0.5, 0.6) is 0 Å². The quantitative estimate of drug-likeness (QED) is 0.739. The summed E-state index contributed by atoms with van der Waals surface area (Å²) in [4.78, 5) is 2.04. The minimum absolute atomic E-state index is 0.811. The van der Waals surface area contributed by atoms with E-state index in [1.165, 1.54) is 5.69 Å². The van der Waals surface area contributed by atoms with Gasteiger partial charge in [0.15, 0.2) is 0 Å². The first-order chi connectivity index (χ1) is 7.70. The number of anilines is 2. The minimum atomic E-state index is 0.811. The Morgan fingerprint density at radius 3 is 1.44 bits per heavy atom. The van der Waals surface area contributed by atoms with E-state index in [2.05, 4.69) is 0 Å². The van der Waals surface area contributed by atoms with Crippen molar-refractivity contribution in [1.29, 1.82) is 0 Å². The summed E-state index contributed by atoms with van der Waals surface area (Å²) >= 11 is 0. The second-order valence-corrected chi connectivity index (χ2v) is 3.64. The first-order valence-corrected chi connectivity index (χ1v) is 5.23. The van der Waals surface area contributed by atoms with Crippen molar-refractivity contribution in [3.05, 3.63) is 60.7 Å². The number of nitrogen functional groups attached to an aromatic ring is 1. The van der Waals surface area contributed by atoms with Crippen molar-refractivity contribution in [3.63, 3.8) is 0 Å². The van der Waals surface area contributed by atoms with Crippen LogP contribution in [0.25, 0.3) is 0 Å². The fraction of sp³-hybridized carbons (Fsp3) is 0.143. The van der Waals surface area contributed by atoms with Crippen LogP contribution in [0.2, 0.25) is 0 Å². The summed E-state index contributed by atoms with van der Waals surface area (Å²) < 4.78 is 0. The lowest BCUT2D eigenvalue weighted by atomic mass is 10.3. The van der Waals surface area contributed by atoms with Gasteiger partial charge in [0.1, 0.15) is 0 Å². The summed E-state index contributed by atoms with van der Waals surface area (Å²) in [5, 5.41) is 0. The van der Waals surface area contributed by atoms with Crippen molar-refractivity contribution in [3.8, 4) is 0 Å². The van der Waals surface area contributed by atoms with Crippen molar-refractivity contribution in [2.24, 2.45) is 0 Å². The van der Waals surface area contributed by atoms with E-state index in [0.29, 0.717) is 0 Å². The molecule has 0 spiro atoms. The molecule has 2 N–H and O–H groups in total. The van der Waals surface area contributed by atoms with Crippen LogP contribution in [-0.2, 0) is 0 Å². The number of nitrogens with zero attached hydrogens (tertiary/aromatic N) is 1. The van der Waals surface area contributed by atoms with Crippen LogP contribution >= 0.6 is 0 Å². The normalized spacial score (nSPS) is 8.88. The van der Waals surface area contributed by atoms with E-state index in [1.54, 1.807) is 0 Å². The molecule has 0 saturated carbocycles. The number of benzene rings is 2. The van der Waals surface area contributed by atoms with Crippen LogP contribution in [0.15, 0.2) is 60.7 Å². The maximum atomic E-state index is 5.51. The van der Waals surface area contributed by atoms with Gasteiger partial charge in [-0.2, -0.15) is 0 Å². The van der Waals surface area contributed by atoms with Gasteiger partial charge in [0, 0.05) is 25.5 Å². The van der Waals surface area contributed by atoms with Crippen molar-refractivity contribution in [2.75, 3.05) is 24.7 Å². The molecule has 0 unspecified atom stereocenters. The van der Waals surface area contributed by atoms with Gasteiger partial charge in [-0.05, 0) is 24.3 Å². The van der Waals surface area contributed by atoms with Crippen LogP contribution in [0.1, 0.15) is 0 Å². The van der Waals surface area contributed by atoms with E-state index in [9.17, 15) is 0 Å². The number of rotatable bonds is 1. The van der Waals surface area contributed by atoms with Gasteiger partial charge in [0.05, 0.1) is 0 Å². The minimum Gasteiger partial charge on any atom is -0.399 e. The molecule has 0 radical (unpaired) electrons. The van der Waals surface area contributed by atoms with E-state index in [4.69, 9.17) is 5.73 Å². The smallest absolute Gasteiger partial charge is 0.0362 e. The first-order valence-electron chi connectivity index (χ1n) is 5.23. The lowest BCUT2D eigenvalue weighted by Gasteiger charge is -2.11. The molecule has 0 aromatic heterocycles. The maximum absolute atomic E-state index is 5.51. The van der Waals surface area contributed by atoms with Crippen LogP contribution in [0.3, 0.4) is 0 Å². The zero-order valence-corrected chi connectivity index (χ0v) is 9.80. The molecule has 0 saturated heterocycles. The summed E-state index contributed by atoms with van der Waals surface area (Å²) in [5.41, 5.74) is 7.49. The molecule has 16 heavy (non-hydrogen) atoms. The molecule has 2 aromatic carbocycles. The van der Waals surface area contributed by atoms with Gasteiger partial charge in [-0.3, -0.25) is 0 Å². The fourth-order valence-electron chi connectivity index (χ4n) is 1.16. The standard InChI is InChI=1S/C8H12N2.C6H6/c1-10(2)8-5-3-7(9)4-6-8;1-2-4-6-5-3-1/h3-6H,9H2,1-2H3;1-6H. The molecule has 2 nitrogen and oxygen atoms in total. The molecule has 0 aliphatic heterocycles. The fourth-order valence-corrected chi connectivity index (χ4v) is 1.16. The summed E-state index contributed by atoms with van der Waals surface area (Å²) in [7, 11) is 4.01. The molecule has 0 aliphatic carbocycles. The zero-order chi connectivity index (χ0) is 11.8. The SMILES string of the molecule is CN(C)c1ccc(N)cc1.c1ccccc1. The molecule has 0 atom stereocenters. The van der Waals surface area contributed by atoms with Gasteiger partial charge in [0.25, 0.3) is 0 Å². The highest BCUT2D eigenvalue weighted by molar-refractivity contribution is 5.51. The second kappa shape index (κ2) is 6.51. The highest BCUT2D eigenvalue weighted by Gasteiger charge is 1.91. The molecular formula is C14H18N2. The van der Waals surface area contributed by atoms with E-state index in [0.717, 1.165) is 5.69 Å². The lowest BCUT2D eigenvalue weighted by molar-refractivity contribution is 1.13. The summed E-state index contributed by atoms with van der Waals surface area (Å²) in [6.45, 7) is 0. The monoisotopic (exact) mass is 214 g/mol. The Labute approximate surface area is 97.3 Å². The van der Waals surface area contributed by atoms with Gasteiger partial charge in [0.2, 0.25) is 0 Å². The molecule has 0 bridgehead atoms. The Hall–Kier alpha value is -1.96. The molecule has 0 heterocycles. The Kier molecular flexibility index (Phi) is 4.93. The van der Waals surface area contributed by atoms with Crippen molar-refractivity contribution < 1.29 is 0 Å². The van der Waals surface area contributed by atoms with E-state index in [-0.39, 0.29) is 0 Å². The van der Waals surface area contributed by atoms with Gasteiger partial charge < -0.3 is 10.6 Å². The Bertz CT molecular complexity index is 353. The molecule has 0 aliphatic rings. The van der Waals surface area contributed by atoms with Crippen molar-refractivity contribution >= 4 is 11.4 Å². The van der Waals surface area contributed by atoms with Gasteiger partial charge in [-0.1, -0.05) is 36.4 Å². The Morgan fingerprint density at radius 1 is 0.750 bits per heavy atom. The maximum Gasteiger partial charge on any atom is 0.0362 e. The number of hydrogen-bond donors (Lipinski definition) is 1. The van der Waals surface area contributed by atoms with E-state index in [1.807, 2.05) is 79.7 Å². The molecule has 2 heteroatoms. The lowest BCUT2D eigenvalue weighted by Crippen LogP contribution is -2.08. The number of hydrogen-bond acceptors (Lipinski definition) is 2. The molecule has 0 fully saturated rings. The summed E-state index contributed by atoms with van der Waals surface area (Å²) in [6, 6.07) is 19.8. The van der Waals surface area contributed by atoms with Gasteiger partial charge >= 0.3 is 0 Å². The molecule has 2 aromatic rings. The second-order valence-electron chi connectivity index (χ2n) is 3.64. The zero-order valence-electron chi connectivity index (χ0n) is 9.80. The molecule has 84 valence electrons. The van der Waals surface area contributed by atoms with Crippen LogP contribution < -0.4 is 10.6 Å². The van der Waals surface area contributed by atoms with Crippen LogP contribution in [0.4, 0.5) is 11.4 Å². The third kappa shape index (κ3) is 4.51. The average molecular weight is 214 g/mol. The highest BCUT2D eigenvalue weighted by atomic mass is 15.1. The predicted molar refractivity (Wildman–Crippen MR) is 71.6 cm³/mol. The third-order valence-corrected chi connectivity index (χ3v) is 2.08. The van der Waals surface area contributed by atoms with Crippen LogP contribution in [0, 0.1) is 0 Å². The number of nitrogens with two attached hydrogens (primary N) is 1. The summed E-state index contributed by atoms with van der Waals surface area (Å²) in [6.07, 6.45) is 0. The van der Waals surface area contributed by atoms with Crippen molar-refractivity contribution in [1.82, 2.24) is 0 Å². The van der Waals surface area contributed by atoms with Crippen molar-refractivity contribution in [2.45, 2.75) is 0 Å². The topological polar surface area (TPSA) is 29.3 Å². The Morgan fingerprint density at radius 2 is 1.12 bits per heavy atom. The van der Waals surface area contributed by atoms with Crippen LogP contribution in [-0.4, -0.2) is 14.1 Å². The molecular weight excluding hydrogens is 196 g/mol. The molecule has 0 amide bonds. The predicted octanol–water partition coefficient (Wildman–Crippen LogP) is 3.02. The first kappa shape index (κ1) is 12.1. The van der Waals surface area contributed by atoms with Gasteiger partial charge in [-0.15, -0.1) is 0 Å². The van der Waals surface area contributed by atoms with E-state index >= 15 is 0 Å². The third-order valence-electron chi connectivity index (χ3n) is 2.08. The van der Waals surface area contributed by atoms with E-state index < -0.39 is 0 Å². The largest absolute Gasteiger partial charge is 0.399 e. The summed E-state index contributed by atoms with van der Waals surface area (Å²) in [5.74, 6) is 0. The average Bonchev–Trinajstić information content (AvgIpc) is 2.32. The highest BCUT2D eigenvalue weighted by Crippen LogP contribution is 2.12. The Balaban J connectivity index is 0.000000181. The van der Waals surface area contributed by atoms with Gasteiger partial charge in [-0.25, -0.2) is 0 Å². The molecule has 2 rings (SSSR count).